The van der Waals surface area contributed by atoms with Crippen molar-refractivity contribution in [3.8, 4) is 51.0 Å². The summed E-state index contributed by atoms with van der Waals surface area (Å²) in [7, 11) is 0. The zero-order valence-electron chi connectivity index (χ0n) is 27.6. The van der Waals surface area contributed by atoms with Gasteiger partial charge in [0.15, 0.2) is 17.5 Å². The van der Waals surface area contributed by atoms with E-state index in [2.05, 4.69) is 168 Å². The Balaban J connectivity index is 1.18. The number of rotatable bonds is 5. The third-order valence-electron chi connectivity index (χ3n) is 9.83. The highest BCUT2D eigenvalue weighted by Gasteiger charge is 2.17. The van der Waals surface area contributed by atoms with E-state index in [0.29, 0.717) is 17.5 Å². The van der Waals surface area contributed by atoms with Crippen LogP contribution in [0.15, 0.2) is 182 Å². The second kappa shape index (κ2) is 11.9. The molecule has 0 atom stereocenters. The summed E-state index contributed by atoms with van der Waals surface area (Å²) in [5, 5.41) is 7.08. The average molecular weight is 651 g/mol. The van der Waals surface area contributed by atoms with Gasteiger partial charge < -0.3 is 4.57 Å². The monoisotopic (exact) mass is 650 g/mol. The zero-order chi connectivity index (χ0) is 33.7. The molecular formula is C47H30N4. The van der Waals surface area contributed by atoms with Crippen molar-refractivity contribution in [2.45, 2.75) is 0 Å². The Morgan fingerprint density at radius 2 is 0.804 bits per heavy atom. The average Bonchev–Trinajstić information content (AvgIpc) is 3.54. The number of fused-ring (bicyclic) bond motifs is 5. The molecule has 0 aliphatic carbocycles. The molecule has 0 amide bonds. The van der Waals surface area contributed by atoms with E-state index in [1.165, 1.54) is 38.3 Å². The second-order valence-corrected chi connectivity index (χ2v) is 12.9. The van der Waals surface area contributed by atoms with E-state index in [9.17, 15) is 0 Å². The van der Waals surface area contributed by atoms with Crippen molar-refractivity contribution >= 4 is 43.4 Å². The van der Waals surface area contributed by atoms with E-state index in [4.69, 9.17) is 15.0 Å². The van der Waals surface area contributed by atoms with Gasteiger partial charge in [0.25, 0.3) is 0 Å². The molecule has 0 saturated heterocycles. The quantitative estimate of drug-likeness (QED) is 0.186. The molecule has 0 bridgehead atoms. The number of hydrogen-bond donors (Lipinski definition) is 0. The smallest absolute Gasteiger partial charge is 0.164 e. The van der Waals surface area contributed by atoms with Gasteiger partial charge in [-0.1, -0.05) is 152 Å². The van der Waals surface area contributed by atoms with Gasteiger partial charge >= 0.3 is 0 Å². The standard InChI is InChI=1S/C47H30N4/c1-3-13-31(14-4-1)37-21-11-17-32-25-27-35(29-40(32)37)46-48-45(34-15-5-2-6-16-34)49-47(50-46)36-28-26-33-18-12-24-44(41(33)30-36)51-42-22-9-7-19-38(42)39-20-8-10-23-43(39)51/h1-30H. The molecule has 0 aliphatic rings. The minimum absolute atomic E-state index is 0.634. The summed E-state index contributed by atoms with van der Waals surface area (Å²) in [6.07, 6.45) is 0. The van der Waals surface area contributed by atoms with Gasteiger partial charge in [0.1, 0.15) is 0 Å². The molecule has 0 fully saturated rings. The van der Waals surface area contributed by atoms with Crippen LogP contribution in [0.4, 0.5) is 0 Å². The van der Waals surface area contributed by atoms with Crippen molar-refractivity contribution < 1.29 is 0 Å². The van der Waals surface area contributed by atoms with Gasteiger partial charge in [-0.2, -0.15) is 0 Å². The molecule has 0 saturated carbocycles. The molecular weight excluding hydrogens is 621 g/mol. The third-order valence-corrected chi connectivity index (χ3v) is 9.83. The molecule has 4 nitrogen and oxygen atoms in total. The molecule has 0 unspecified atom stereocenters. The number of hydrogen-bond acceptors (Lipinski definition) is 3. The maximum absolute atomic E-state index is 5.18. The van der Waals surface area contributed by atoms with E-state index < -0.39 is 0 Å². The molecule has 51 heavy (non-hydrogen) atoms. The van der Waals surface area contributed by atoms with Crippen molar-refractivity contribution in [1.82, 2.24) is 19.5 Å². The molecule has 0 spiro atoms. The number of benzene rings is 8. The van der Waals surface area contributed by atoms with Gasteiger partial charge in [-0.25, -0.2) is 15.0 Å². The maximum atomic E-state index is 5.18. The molecule has 4 heteroatoms. The van der Waals surface area contributed by atoms with Crippen LogP contribution in [0.2, 0.25) is 0 Å². The normalized spacial score (nSPS) is 11.5. The second-order valence-electron chi connectivity index (χ2n) is 12.9. The molecule has 2 aromatic heterocycles. The summed E-state index contributed by atoms with van der Waals surface area (Å²) < 4.78 is 2.38. The van der Waals surface area contributed by atoms with Crippen LogP contribution in [0.1, 0.15) is 0 Å². The first-order chi connectivity index (χ1) is 25.3. The summed E-state index contributed by atoms with van der Waals surface area (Å²) in [5.41, 5.74) is 8.65. The molecule has 0 aliphatic heterocycles. The maximum Gasteiger partial charge on any atom is 0.164 e. The van der Waals surface area contributed by atoms with Crippen LogP contribution in [0, 0.1) is 0 Å². The highest BCUT2D eigenvalue weighted by molar-refractivity contribution is 6.10. The first-order valence-electron chi connectivity index (χ1n) is 17.2. The minimum atomic E-state index is 0.634. The molecule has 10 rings (SSSR count). The van der Waals surface area contributed by atoms with Crippen LogP contribution in [0.3, 0.4) is 0 Å². The first-order valence-corrected chi connectivity index (χ1v) is 17.2. The Labute approximate surface area is 295 Å². The zero-order valence-corrected chi connectivity index (χ0v) is 27.6. The van der Waals surface area contributed by atoms with Gasteiger partial charge in [0.2, 0.25) is 0 Å². The Bertz CT molecular complexity index is 2860. The molecule has 0 radical (unpaired) electrons. The highest BCUT2D eigenvalue weighted by Crippen LogP contribution is 2.37. The summed E-state index contributed by atoms with van der Waals surface area (Å²) in [6, 6.07) is 64.0. The Kier molecular flexibility index (Phi) is 6.78. The van der Waals surface area contributed by atoms with Gasteiger partial charge in [0.05, 0.1) is 16.7 Å². The fourth-order valence-corrected chi connectivity index (χ4v) is 7.40. The van der Waals surface area contributed by atoms with Crippen molar-refractivity contribution in [1.29, 1.82) is 0 Å². The lowest BCUT2D eigenvalue weighted by Gasteiger charge is -2.14. The Hall–Kier alpha value is -6.91. The number of nitrogens with zero attached hydrogens (tertiary/aromatic N) is 4. The van der Waals surface area contributed by atoms with Crippen LogP contribution in [0.5, 0.6) is 0 Å². The van der Waals surface area contributed by atoms with E-state index in [-0.39, 0.29) is 0 Å². The Morgan fingerprint density at radius 3 is 1.43 bits per heavy atom. The lowest BCUT2D eigenvalue weighted by molar-refractivity contribution is 1.07. The van der Waals surface area contributed by atoms with E-state index in [1.54, 1.807) is 0 Å². The fourth-order valence-electron chi connectivity index (χ4n) is 7.40. The van der Waals surface area contributed by atoms with Gasteiger partial charge in [-0.3, -0.25) is 0 Å². The largest absolute Gasteiger partial charge is 0.309 e. The SMILES string of the molecule is c1ccc(-c2nc(-c3ccc4cccc(-c5ccccc5)c4c3)nc(-c3ccc4cccc(-n5c6ccccc6c6ccccc65)c4c3)n2)cc1. The summed E-state index contributed by atoms with van der Waals surface area (Å²) >= 11 is 0. The number of aromatic nitrogens is 4. The lowest BCUT2D eigenvalue weighted by atomic mass is 9.96. The lowest BCUT2D eigenvalue weighted by Crippen LogP contribution is -2.01. The summed E-state index contributed by atoms with van der Waals surface area (Å²) in [4.78, 5) is 15.3. The number of para-hydroxylation sites is 2. The van der Waals surface area contributed by atoms with E-state index in [1.807, 2.05) is 18.2 Å². The predicted molar refractivity (Wildman–Crippen MR) is 211 cm³/mol. The molecule has 8 aromatic carbocycles. The predicted octanol–water partition coefficient (Wildman–Crippen LogP) is 11.9. The van der Waals surface area contributed by atoms with E-state index in [0.717, 1.165) is 38.5 Å². The van der Waals surface area contributed by atoms with Crippen LogP contribution in [0.25, 0.3) is 94.3 Å². The van der Waals surface area contributed by atoms with Crippen LogP contribution < -0.4 is 0 Å². The van der Waals surface area contributed by atoms with Crippen LogP contribution in [-0.2, 0) is 0 Å². The van der Waals surface area contributed by atoms with E-state index >= 15 is 0 Å². The van der Waals surface area contributed by atoms with Gasteiger partial charge in [0, 0.05) is 32.8 Å². The topological polar surface area (TPSA) is 43.6 Å². The van der Waals surface area contributed by atoms with Crippen molar-refractivity contribution in [2.75, 3.05) is 0 Å². The van der Waals surface area contributed by atoms with Crippen molar-refractivity contribution in [3.05, 3.63) is 182 Å². The fraction of sp³-hybridized carbons (Fsp3) is 0. The summed E-state index contributed by atoms with van der Waals surface area (Å²) in [6.45, 7) is 0. The Morgan fingerprint density at radius 1 is 0.314 bits per heavy atom. The first kappa shape index (κ1) is 29.0. The molecule has 10 aromatic rings. The summed E-state index contributed by atoms with van der Waals surface area (Å²) in [5.74, 6) is 1.91. The molecule has 238 valence electrons. The van der Waals surface area contributed by atoms with Crippen molar-refractivity contribution in [2.24, 2.45) is 0 Å². The van der Waals surface area contributed by atoms with Crippen LogP contribution >= 0.6 is 0 Å². The minimum Gasteiger partial charge on any atom is -0.309 e. The van der Waals surface area contributed by atoms with Gasteiger partial charge in [-0.05, 0) is 57.6 Å². The molecule has 0 N–H and O–H groups in total. The van der Waals surface area contributed by atoms with Crippen molar-refractivity contribution in [3.63, 3.8) is 0 Å². The highest BCUT2D eigenvalue weighted by atomic mass is 15.0. The third kappa shape index (κ3) is 4.96. The molecule has 2 heterocycles. The van der Waals surface area contributed by atoms with Gasteiger partial charge in [-0.15, -0.1) is 0 Å². The van der Waals surface area contributed by atoms with Crippen LogP contribution in [-0.4, -0.2) is 19.5 Å².